The Morgan fingerprint density at radius 2 is 2.15 bits per heavy atom. The lowest BCUT2D eigenvalue weighted by Crippen LogP contribution is -2.22. The van der Waals surface area contributed by atoms with Gasteiger partial charge in [0.05, 0.1) is 13.2 Å². The van der Waals surface area contributed by atoms with E-state index in [0.29, 0.717) is 11.3 Å². The smallest absolute Gasteiger partial charge is 0.132 e. The topological polar surface area (TPSA) is 21.3 Å². The van der Waals surface area contributed by atoms with Crippen LogP contribution in [0.5, 0.6) is 5.75 Å². The molecular formula is C15H17BrFNOS. The van der Waals surface area contributed by atoms with E-state index in [1.165, 1.54) is 18.1 Å². The van der Waals surface area contributed by atoms with Crippen molar-refractivity contribution in [3.8, 4) is 5.75 Å². The second kappa shape index (κ2) is 6.70. The summed E-state index contributed by atoms with van der Waals surface area (Å²) in [5.74, 6) is 0.280. The van der Waals surface area contributed by atoms with Crippen molar-refractivity contribution < 1.29 is 9.13 Å². The number of methoxy groups -OCH3 is 1. The second-order valence-electron chi connectivity index (χ2n) is 4.43. The number of rotatable bonds is 5. The van der Waals surface area contributed by atoms with Gasteiger partial charge in [-0.1, -0.05) is 13.0 Å². The first-order valence-corrected chi connectivity index (χ1v) is 8.00. The molecule has 1 unspecified atom stereocenters. The fourth-order valence-corrected chi connectivity index (χ4v) is 3.72. The third-order valence-corrected chi connectivity index (χ3v) is 5.29. The van der Waals surface area contributed by atoms with Crippen molar-refractivity contribution in [1.29, 1.82) is 0 Å². The van der Waals surface area contributed by atoms with Gasteiger partial charge < -0.3 is 10.1 Å². The summed E-state index contributed by atoms with van der Waals surface area (Å²) in [6, 6.07) is 6.91. The number of halogens is 2. The molecule has 1 aromatic heterocycles. The lowest BCUT2D eigenvalue weighted by molar-refractivity contribution is 0.410. The zero-order valence-electron chi connectivity index (χ0n) is 11.7. The fourth-order valence-electron chi connectivity index (χ4n) is 2.06. The summed E-state index contributed by atoms with van der Waals surface area (Å²) in [4.78, 5) is 2.29. The van der Waals surface area contributed by atoms with E-state index in [1.54, 1.807) is 23.5 Å². The number of nitrogens with one attached hydrogen (secondary N) is 1. The van der Waals surface area contributed by atoms with Crippen molar-refractivity contribution in [3.63, 3.8) is 0 Å². The summed E-state index contributed by atoms with van der Waals surface area (Å²) in [6.45, 7) is 4.83. The van der Waals surface area contributed by atoms with Crippen molar-refractivity contribution >= 4 is 27.3 Å². The minimum atomic E-state index is -0.252. The molecule has 2 nitrogen and oxygen atoms in total. The molecule has 0 fully saturated rings. The Kier molecular flexibility index (Phi) is 5.18. The van der Waals surface area contributed by atoms with Crippen molar-refractivity contribution in [2.45, 2.75) is 19.9 Å². The summed E-state index contributed by atoms with van der Waals surface area (Å²) in [6.07, 6.45) is 0. The molecule has 1 heterocycles. The molecule has 1 atom stereocenters. The van der Waals surface area contributed by atoms with Gasteiger partial charge in [0.2, 0.25) is 0 Å². The van der Waals surface area contributed by atoms with Crippen LogP contribution in [0.25, 0.3) is 0 Å². The molecule has 0 radical (unpaired) electrons. The number of benzene rings is 1. The Morgan fingerprint density at radius 1 is 1.40 bits per heavy atom. The number of aryl methyl sites for hydroxylation is 1. The normalized spacial score (nSPS) is 12.4. The Balaban J connectivity index is 2.42. The highest BCUT2D eigenvalue weighted by atomic mass is 79.9. The highest BCUT2D eigenvalue weighted by Gasteiger charge is 2.20. The molecule has 0 aliphatic rings. The molecule has 0 saturated heterocycles. The van der Waals surface area contributed by atoms with Crippen LogP contribution in [-0.4, -0.2) is 13.7 Å². The molecule has 2 aromatic rings. The van der Waals surface area contributed by atoms with E-state index >= 15 is 0 Å². The first kappa shape index (κ1) is 15.5. The lowest BCUT2D eigenvalue weighted by Gasteiger charge is -2.18. The average molecular weight is 358 g/mol. The third-order valence-electron chi connectivity index (χ3n) is 3.09. The van der Waals surface area contributed by atoms with E-state index in [-0.39, 0.29) is 11.9 Å². The lowest BCUT2D eigenvalue weighted by atomic mass is 10.0. The average Bonchev–Trinajstić information content (AvgIpc) is 2.76. The van der Waals surface area contributed by atoms with E-state index < -0.39 is 0 Å². The van der Waals surface area contributed by atoms with E-state index in [9.17, 15) is 4.39 Å². The van der Waals surface area contributed by atoms with Gasteiger partial charge in [0.25, 0.3) is 0 Å². The maximum Gasteiger partial charge on any atom is 0.132 e. The van der Waals surface area contributed by atoms with Crippen LogP contribution in [0.3, 0.4) is 0 Å². The highest BCUT2D eigenvalue weighted by molar-refractivity contribution is 9.10. The second-order valence-corrected chi connectivity index (χ2v) is 6.57. The number of thiophene rings is 1. The van der Waals surface area contributed by atoms with E-state index in [1.807, 2.05) is 13.8 Å². The largest absolute Gasteiger partial charge is 0.497 e. The molecular weight excluding hydrogens is 341 g/mol. The van der Waals surface area contributed by atoms with Crippen LogP contribution in [0.2, 0.25) is 0 Å². The number of hydrogen-bond acceptors (Lipinski definition) is 3. The molecule has 1 aromatic carbocycles. The Morgan fingerprint density at radius 3 is 2.65 bits per heavy atom. The van der Waals surface area contributed by atoms with E-state index in [4.69, 9.17) is 4.74 Å². The fraction of sp³-hybridized carbons (Fsp3) is 0.333. The summed E-state index contributed by atoms with van der Waals surface area (Å²) in [7, 11) is 1.54. The van der Waals surface area contributed by atoms with Crippen LogP contribution in [-0.2, 0) is 0 Å². The summed E-state index contributed by atoms with van der Waals surface area (Å²) in [5, 5.41) is 3.34. The van der Waals surface area contributed by atoms with Gasteiger partial charge in [-0.05, 0) is 41.5 Å². The van der Waals surface area contributed by atoms with Gasteiger partial charge in [0.15, 0.2) is 0 Å². The summed E-state index contributed by atoms with van der Waals surface area (Å²) in [5.41, 5.74) is 0.640. The van der Waals surface area contributed by atoms with Gasteiger partial charge in [0, 0.05) is 25.9 Å². The molecule has 0 saturated carbocycles. The number of ether oxygens (including phenoxy) is 1. The molecule has 20 heavy (non-hydrogen) atoms. The molecule has 1 N–H and O–H groups in total. The van der Waals surface area contributed by atoms with Gasteiger partial charge in [0.1, 0.15) is 11.6 Å². The molecule has 5 heteroatoms. The first-order chi connectivity index (χ1) is 9.56. The van der Waals surface area contributed by atoms with Gasteiger partial charge >= 0.3 is 0 Å². The SMILES string of the molecule is CCNC(c1cc(Br)c(C)s1)c1ccc(OC)cc1F. The van der Waals surface area contributed by atoms with Crippen LogP contribution in [0, 0.1) is 12.7 Å². The van der Waals surface area contributed by atoms with Crippen molar-refractivity contribution in [1.82, 2.24) is 5.32 Å². The summed E-state index contributed by atoms with van der Waals surface area (Å²) < 4.78 is 20.4. The standard InChI is InChI=1S/C15H17BrFNOS/c1-4-18-15(14-8-12(16)9(2)20-14)11-6-5-10(19-3)7-13(11)17/h5-8,15,18H,4H2,1-3H3. The highest BCUT2D eigenvalue weighted by Crippen LogP contribution is 2.35. The zero-order chi connectivity index (χ0) is 14.7. The monoisotopic (exact) mass is 357 g/mol. The van der Waals surface area contributed by atoms with Crippen molar-refractivity contribution in [2.75, 3.05) is 13.7 Å². The predicted molar refractivity (Wildman–Crippen MR) is 85.2 cm³/mol. The van der Waals surface area contributed by atoms with Gasteiger partial charge in [-0.3, -0.25) is 0 Å². The molecule has 0 bridgehead atoms. The minimum absolute atomic E-state index is 0.138. The first-order valence-electron chi connectivity index (χ1n) is 6.39. The van der Waals surface area contributed by atoms with Crippen LogP contribution < -0.4 is 10.1 Å². The molecule has 0 aliphatic carbocycles. The number of hydrogen-bond donors (Lipinski definition) is 1. The van der Waals surface area contributed by atoms with E-state index in [2.05, 4.69) is 27.3 Å². The van der Waals surface area contributed by atoms with Gasteiger partial charge in [-0.2, -0.15) is 0 Å². The van der Waals surface area contributed by atoms with Gasteiger partial charge in [-0.25, -0.2) is 4.39 Å². The zero-order valence-corrected chi connectivity index (χ0v) is 14.1. The van der Waals surface area contributed by atoms with Crippen molar-refractivity contribution in [2.24, 2.45) is 0 Å². The Hall–Kier alpha value is -0.910. The van der Waals surface area contributed by atoms with Crippen LogP contribution in [0.4, 0.5) is 4.39 Å². The predicted octanol–water partition coefficient (Wildman–Crippen LogP) is 4.67. The minimum Gasteiger partial charge on any atom is -0.497 e. The van der Waals surface area contributed by atoms with Crippen molar-refractivity contribution in [3.05, 3.63) is 49.9 Å². The Labute approximate surface area is 131 Å². The third kappa shape index (κ3) is 3.22. The molecule has 108 valence electrons. The van der Waals surface area contributed by atoms with Crippen LogP contribution in [0.1, 0.15) is 28.3 Å². The maximum atomic E-state index is 14.3. The van der Waals surface area contributed by atoms with Crippen LogP contribution in [0.15, 0.2) is 28.7 Å². The Bertz CT molecular complexity index is 580. The van der Waals surface area contributed by atoms with Crippen LogP contribution >= 0.6 is 27.3 Å². The summed E-state index contributed by atoms with van der Waals surface area (Å²) >= 11 is 5.19. The molecule has 0 amide bonds. The molecule has 0 aliphatic heterocycles. The quantitative estimate of drug-likeness (QED) is 0.839. The molecule has 2 rings (SSSR count). The molecule has 0 spiro atoms. The maximum absolute atomic E-state index is 14.3. The van der Waals surface area contributed by atoms with E-state index in [0.717, 1.165) is 15.9 Å². The van der Waals surface area contributed by atoms with Gasteiger partial charge in [-0.15, -0.1) is 11.3 Å².